The molecule has 0 unspecified atom stereocenters. The van der Waals surface area contributed by atoms with Crippen LogP contribution in [0.5, 0.6) is 0 Å². The number of benzene rings is 1. The van der Waals surface area contributed by atoms with Crippen LogP contribution in [0.4, 0.5) is 0 Å². The third-order valence-electron chi connectivity index (χ3n) is 3.86. The van der Waals surface area contributed by atoms with Crippen LogP contribution in [-0.2, 0) is 6.54 Å². The average molecular weight is 316 g/mol. The summed E-state index contributed by atoms with van der Waals surface area (Å²) in [7, 11) is 0. The van der Waals surface area contributed by atoms with Gasteiger partial charge in [0.2, 0.25) is 0 Å². The number of pyridine rings is 1. The Hall–Kier alpha value is -1.91. The Morgan fingerprint density at radius 2 is 1.77 bits per heavy atom. The molecule has 1 aliphatic heterocycles. The Morgan fingerprint density at radius 1 is 1.05 bits per heavy atom. The lowest BCUT2D eigenvalue weighted by molar-refractivity contribution is 0.0627. The summed E-state index contributed by atoms with van der Waals surface area (Å²) in [6.45, 7) is 4.07. The largest absolute Gasteiger partial charge is 0.336 e. The summed E-state index contributed by atoms with van der Waals surface area (Å²) < 4.78 is 0. The van der Waals surface area contributed by atoms with Crippen molar-refractivity contribution in [3.05, 3.63) is 64.9 Å². The first kappa shape index (κ1) is 15.0. The minimum atomic E-state index is 0.0779. The van der Waals surface area contributed by atoms with Crippen LogP contribution in [0, 0.1) is 0 Å². The summed E-state index contributed by atoms with van der Waals surface area (Å²) in [6, 6.07) is 13.0. The summed E-state index contributed by atoms with van der Waals surface area (Å²) in [5.74, 6) is 0.0779. The fourth-order valence-electron chi connectivity index (χ4n) is 2.60. The molecule has 4 nitrogen and oxygen atoms in total. The van der Waals surface area contributed by atoms with Crippen molar-refractivity contribution in [2.24, 2.45) is 0 Å². The van der Waals surface area contributed by atoms with Crippen LogP contribution in [0.2, 0.25) is 5.02 Å². The van der Waals surface area contributed by atoms with E-state index in [4.69, 9.17) is 11.6 Å². The number of rotatable bonds is 3. The second-order valence-corrected chi connectivity index (χ2v) is 5.83. The van der Waals surface area contributed by atoms with Gasteiger partial charge in [-0.3, -0.25) is 14.7 Å². The number of amides is 1. The van der Waals surface area contributed by atoms with Gasteiger partial charge in [-0.2, -0.15) is 0 Å². The first-order chi connectivity index (χ1) is 10.7. The molecule has 1 aliphatic rings. The van der Waals surface area contributed by atoms with E-state index in [1.807, 2.05) is 29.3 Å². The first-order valence-electron chi connectivity index (χ1n) is 7.39. The molecule has 0 N–H and O–H groups in total. The number of hydrogen-bond acceptors (Lipinski definition) is 3. The van der Waals surface area contributed by atoms with Gasteiger partial charge in [-0.05, 0) is 36.4 Å². The van der Waals surface area contributed by atoms with Crippen LogP contribution in [-0.4, -0.2) is 46.9 Å². The molecule has 1 saturated heterocycles. The molecule has 1 aromatic heterocycles. The van der Waals surface area contributed by atoms with Gasteiger partial charge >= 0.3 is 0 Å². The molecular formula is C17H18ClN3O. The highest BCUT2D eigenvalue weighted by molar-refractivity contribution is 6.30. The van der Waals surface area contributed by atoms with Gasteiger partial charge in [-0.15, -0.1) is 0 Å². The quantitative estimate of drug-likeness (QED) is 0.874. The molecule has 114 valence electrons. The summed E-state index contributed by atoms with van der Waals surface area (Å²) >= 11 is 5.86. The molecule has 2 aromatic rings. The molecule has 0 atom stereocenters. The second kappa shape index (κ2) is 6.90. The molecule has 2 heterocycles. The van der Waals surface area contributed by atoms with E-state index in [1.54, 1.807) is 24.3 Å². The van der Waals surface area contributed by atoms with Crippen LogP contribution in [0.25, 0.3) is 0 Å². The molecule has 0 radical (unpaired) electrons. The molecule has 3 rings (SSSR count). The minimum absolute atomic E-state index is 0.0779. The number of hydrogen-bond donors (Lipinski definition) is 0. The van der Waals surface area contributed by atoms with Crippen LogP contribution in [0.3, 0.4) is 0 Å². The topological polar surface area (TPSA) is 36.4 Å². The lowest BCUT2D eigenvalue weighted by Crippen LogP contribution is -2.48. The predicted octanol–water partition coefficient (Wildman–Crippen LogP) is 2.69. The van der Waals surface area contributed by atoms with Gasteiger partial charge in [0.05, 0.1) is 5.69 Å². The van der Waals surface area contributed by atoms with Crippen LogP contribution in [0.1, 0.15) is 16.1 Å². The monoisotopic (exact) mass is 315 g/mol. The van der Waals surface area contributed by atoms with Crippen LogP contribution < -0.4 is 0 Å². The molecule has 0 saturated carbocycles. The lowest BCUT2D eigenvalue weighted by atomic mass is 10.2. The van der Waals surface area contributed by atoms with Crippen LogP contribution in [0.15, 0.2) is 48.7 Å². The molecule has 0 bridgehead atoms. The molecule has 0 aliphatic carbocycles. The number of carbonyl (C=O) groups excluding carboxylic acids is 1. The first-order valence-corrected chi connectivity index (χ1v) is 7.77. The fraction of sp³-hybridized carbons (Fsp3) is 0.294. The standard InChI is InChI=1S/C17H18ClN3O/c18-15-6-4-14(5-7-15)17(22)21-11-9-20(10-12-21)13-16-3-1-2-8-19-16/h1-8H,9-13H2. The number of nitrogens with zero attached hydrogens (tertiary/aromatic N) is 3. The highest BCUT2D eigenvalue weighted by atomic mass is 35.5. The maximum absolute atomic E-state index is 12.4. The average Bonchev–Trinajstić information content (AvgIpc) is 2.57. The van der Waals surface area contributed by atoms with Gasteiger partial charge in [-0.1, -0.05) is 17.7 Å². The second-order valence-electron chi connectivity index (χ2n) is 5.40. The van der Waals surface area contributed by atoms with Crippen molar-refractivity contribution in [1.29, 1.82) is 0 Å². The zero-order valence-corrected chi connectivity index (χ0v) is 13.0. The van der Waals surface area contributed by atoms with E-state index in [-0.39, 0.29) is 5.91 Å². The number of carbonyl (C=O) groups is 1. The molecule has 22 heavy (non-hydrogen) atoms. The molecular weight excluding hydrogens is 298 g/mol. The van der Waals surface area contributed by atoms with Gasteiger partial charge < -0.3 is 4.90 Å². The highest BCUT2D eigenvalue weighted by Crippen LogP contribution is 2.13. The molecule has 1 amide bonds. The van der Waals surface area contributed by atoms with Crippen molar-refractivity contribution in [3.8, 4) is 0 Å². The van der Waals surface area contributed by atoms with E-state index in [0.29, 0.717) is 10.6 Å². The molecule has 5 heteroatoms. The van der Waals surface area contributed by atoms with Gasteiger partial charge in [-0.25, -0.2) is 0 Å². The van der Waals surface area contributed by atoms with Gasteiger partial charge in [0.1, 0.15) is 0 Å². The Labute approximate surface area is 135 Å². The SMILES string of the molecule is O=C(c1ccc(Cl)cc1)N1CCN(Cc2ccccn2)CC1. The van der Waals surface area contributed by atoms with Gasteiger partial charge in [0.15, 0.2) is 0 Å². The highest BCUT2D eigenvalue weighted by Gasteiger charge is 2.22. The van der Waals surface area contributed by atoms with E-state index in [1.165, 1.54) is 0 Å². The van der Waals surface area contributed by atoms with Crippen molar-refractivity contribution in [2.45, 2.75) is 6.54 Å². The van der Waals surface area contributed by atoms with Crippen molar-refractivity contribution in [3.63, 3.8) is 0 Å². The number of piperazine rings is 1. The smallest absolute Gasteiger partial charge is 0.253 e. The lowest BCUT2D eigenvalue weighted by Gasteiger charge is -2.34. The minimum Gasteiger partial charge on any atom is -0.336 e. The molecule has 1 fully saturated rings. The Bertz CT molecular complexity index is 622. The van der Waals surface area contributed by atoms with E-state index >= 15 is 0 Å². The third-order valence-corrected chi connectivity index (χ3v) is 4.11. The summed E-state index contributed by atoms with van der Waals surface area (Å²) in [5.41, 5.74) is 1.77. The molecule has 0 spiro atoms. The maximum Gasteiger partial charge on any atom is 0.253 e. The van der Waals surface area contributed by atoms with E-state index in [9.17, 15) is 4.79 Å². The Balaban J connectivity index is 1.55. The van der Waals surface area contributed by atoms with E-state index in [2.05, 4.69) is 9.88 Å². The Morgan fingerprint density at radius 3 is 2.41 bits per heavy atom. The number of halogens is 1. The van der Waals surface area contributed by atoms with Crippen molar-refractivity contribution < 1.29 is 4.79 Å². The van der Waals surface area contributed by atoms with Gasteiger partial charge in [0.25, 0.3) is 5.91 Å². The summed E-state index contributed by atoms with van der Waals surface area (Å²) in [6.07, 6.45) is 1.82. The fourth-order valence-corrected chi connectivity index (χ4v) is 2.73. The van der Waals surface area contributed by atoms with Crippen LogP contribution >= 0.6 is 11.6 Å². The van der Waals surface area contributed by atoms with Crippen molar-refractivity contribution in [1.82, 2.24) is 14.8 Å². The third kappa shape index (κ3) is 3.64. The van der Waals surface area contributed by atoms with Gasteiger partial charge in [0, 0.05) is 49.5 Å². The molecule has 1 aromatic carbocycles. The van der Waals surface area contributed by atoms with Crippen molar-refractivity contribution >= 4 is 17.5 Å². The Kier molecular flexibility index (Phi) is 4.71. The number of aromatic nitrogens is 1. The normalized spacial score (nSPS) is 15.8. The zero-order valence-electron chi connectivity index (χ0n) is 12.3. The summed E-state index contributed by atoms with van der Waals surface area (Å²) in [5, 5.41) is 0.650. The van der Waals surface area contributed by atoms with Crippen molar-refractivity contribution in [2.75, 3.05) is 26.2 Å². The van der Waals surface area contributed by atoms with E-state index in [0.717, 1.165) is 38.4 Å². The summed E-state index contributed by atoms with van der Waals surface area (Å²) in [4.78, 5) is 21.0. The zero-order chi connectivity index (χ0) is 15.4. The maximum atomic E-state index is 12.4. The predicted molar refractivity (Wildman–Crippen MR) is 86.9 cm³/mol. The van der Waals surface area contributed by atoms with E-state index < -0.39 is 0 Å².